The average Bonchev–Trinajstić information content (AvgIpc) is 3.37. The first-order valence-corrected chi connectivity index (χ1v) is 9.88. The number of aryl methyl sites for hydroxylation is 1. The number of hydrogen-bond donors (Lipinski definition) is 1. The van der Waals surface area contributed by atoms with Gasteiger partial charge in [0, 0.05) is 17.8 Å². The van der Waals surface area contributed by atoms with Crippen molar-refractivity contribution in [2.45, 2.75) is 25.4 Å². The van der Waals surface area contributed by atoms with Crippen LogP contribution in [-0.2, 0) is 11.0 Å². The molecule has 2 heterocycles. The largest absolute Gasteiger partial charge is 0.416 e. The van der Waals surface area contributed by atoms with Gasteiger partial charge in [-0.3, -0.25) is 9.69 Å². The summed E-state index contributed by atoms with van der Waals surface area (Å²) in [5.74, 6) is 0.700. The first-order chi connectivity index (χ1) is 14.8. The van der Waals surface area contributed by atoms with Crippen molar-refractivity contribution in [1.29, 1.82) is 0 Å². The highest BCUT2D eigenvalue weighted by molar-refractivity contribution is 5.92. The summed E-state index contributed by atoms with van der Waals surface area (Å²) in [6.45, 7) is 3.27. The average molecular weight is 430 g/mol. The lowest BCUT2D eigenvalue weighted by Gasteiger charge is -2.15. The molecule has 0 spiro atoms. The van der Waals surface area contributed by atoms with Crippen LogP contribution in [0.5, 0.6) is 0 Å². The van der Waals surface area contributed by atoms with Gasteiger partial charge in [-0.15, -0.1) is 0 Å². The van der Waals surface area contributed by atoms with Crippen LogP contribution in [0.3, 0.4) is 0 Å². The second-order valence-electron chi connectivity index (χ2n) is 7.62. The summed E-state index contributed by atoms with van der Waals surface area (Å²) >= 11 is 0. The van der Waals surface area contributed by atoms with Crippen LogP contribution in [0.1, 0.15) is 29.4 Å². The lowest BCUT2D eigenvalue weighted by Crippen LogP contribution is -2.31. The van der Waals surface area contributed by atoms with Crippen molar-refractivity contribution in [3.63, 3.8) is 0 Å². The molecule has 1 saturated heterocycles. The standard InChI is InChI=1S/C22H21F3N4O2/c1-14-5-2-3-8-18(14)20-27-21(31-28-20)15-9-10-29(12-15)13-19(30)26-17-7-4-6-16(11-17)22(23,24)25/h2-8,11,15H,9-10,12-13H2,1H3,(H,26,30)/t15-/m1/s1. The van der Waals surface area contributed by atoms with Gasteiger partial charge in [-0.25, -0.2) is 0 Å². The Hall–Kier alpha value is -3.20. The summed E-state index contributed by atoms with van der Waals surface area (Å²) in [5, 5.41) is 6.62. The van der Waals surface area contributed by atoms with E-state index in [2.05, 4.69) is 15.5 Å². The monoisotopic (exact) mass is 430 g/mol. The van der Waals surface area contributed by atoms with E-state index in [1.165, 1.54) is 12.1 Å². The molecule has 1 N–H and O–H groups in total. The van der Waals surface area contributed by atoms with Crippen molar-refractivity contribution in [2.24, 2.45) is 0 Å². The highest BCUT2D eigenvalue weighted by Crippen LogP contribution is 2.31. The number of carbonyl (C=O) groups is 1. The van der Waals surface area contributed by atoms with Crippen molar-refractivity contribution in [1.82, 2.24) is 15.0 Å². The summed E-state index contributed by atoms with van der Waals surface area (Å²) in [5.41, 5.74) is 1.28. The van der Waals surface area contributed by atoms with Crippen LogP contribution >= 0.6 is 0 Å². The number of amides is 1. The second-order valence-corrected chi connectivity index (χ2v) is 7.62. The summed E-state index contributed by atoms with van der Waals surface area (Å²) in [7, 11) is 0. The number of carbonyl (C=O) groups excluding carboxylic acids is 1. The quantitative estimate of drug-likeness (QED) is 0.646. The molecule has 1 aromatic heterocycles. The van der Waals surface area contributed by atoms with E-state index < -0.39 is 11.7 Å². The minimum Gasteiger partial charge on any atom is -0.339 e. The molecule has 0 bridgehead atoms. The van der Waals surface area contributed by atoms with Gasteiger partial charge in [-0.05, 0) is 43.7 Å². The Bertz CT molecular complexity index is 1080. The number of nitrogens with zero attached hydrogens (tertiary/aromatic N) is 3. The van der Waals surface area contributed by atoms with Gasteiger partial charge in [-0.2, -0.15) is 18.2 Å². The Kier molecular flexibility index (Phi) is 5.77. The van der Waals surface area contributed by atoms with Crippen LogP contribution in [-0.4, -0.2) is 40.6 Å². The minimum atomic E-state index is -4.45. The van der Waals surface area contributed by atoms with E-state index in [4.69, 9.17) is 4.52 Å². The van der Waals surface area contributed by atoms with Gasteiger partial charge in [0.25, 0.3) is 0 Å². The third-order valence-corrected chi connectivity index (χ3v) is 5.29. The van der Waals surface area contributed by atoms with Gasteiger partial charge in [0.05, 0.1) is 18.0 Å². The molecule has 4 rings (SSSR count). The molecule has 1 aliphatic rings. The first kappa shape index (κ1) is 21.0. The van der Waals surface area contributed by atoms with Crippen LogP contribution in [0.2, 0.25) is 0 Å². The molecule has 1 amide bonds. The zero-order valence-electron chi connectivity index (χ0n) is 16.8. The van der Waals surface area contributed by atoms with E-state index >= 15 is 0 Å². The number of halogens is 3. The fourth-order valence-electron chi connectivity index (χ4n) is 3.69. The van der Waals surface area contributed by atoms with Gasteiger partial charge in [0.2, 0.25) is 17.6 Å². The van der Waals surface area contributed by atoms with Crippen LogP contribution in [0, 0.1) is 6.92 Å². The predicted octanol–water partition coefficient (Wildman–Crippen LogP) is 4.49. The van der Waals surface area contributed by atoms with Crippen molar-refractivity contribution in [3.8, 4) is 11.4 Å². The molecule has 0 unspecified atom stereocenters. The molecule has 0 radical (unpaired) electrons. The number of aromatic nitrogens is 2. The molecule has 162 valence electrons. The maximum absolute atomic E-state index is 12.8. The summed E-state index contributed by atoms with van der Waals surface area (Å²) in [4.78, 5) is 18.8. The van der Waals surface area contributed by atoms with E-state index in [1.807, 2.05) is 36.1 Å². The maximum Gasteiger partial charge on any atom is 0.416 e. The topological polar surface area (TPSA) is 71.3 Å². The Labute approximate surface area is 177 Å². The van der Waals surface area contributed by atoms with E-state index in [1.54, 1.807) is 0 Å². The number of nitrogens with one attached hydrogen (secondary N) is 1. The molecule has 31 heavy (non-hydrogen) atoms. The number of alkyl halides is 3. The lowest BCUT2D eigenvalue weighted by atomic mass is 10.1. The molecule has 0 saturated carbocycles. The molecule has 3 aromatic rings. The van der Waals surface area contributed by atoms with Gasteiger partial charge in [0.1, 0.15) is 0 Å². The Morgan fingerprint density at radius 3 is 2.81 bits per heavy atom. The summed E-state index contributed by atoms with van der Waals surface area (Å²) in [6, 6.07) is 12.4. The Morgan fingerprint density at radius 2 is 2.03 bits per heavy atom. The number of anilines is 1. The van der Waals surface area contributed by atoms with E-state index in [9.17, 15) is 18.0 Å². The molecular weight excluding hydrogens is 409 g/mol. The molecular formula is C22H21F3N4O2. The Morgan fingerprint density at radius 1 is 1.23 bits per heavy atom. The van der Waals surface area contributed by atoms with Gasteiger partial charge in [0.15, 0.2) is 0 Å². The number of rotatable bonds is 5. The fraction of sp³-hybridized carbons (Fsp3) is 0.318. The van der Waals surface area contributed by atoms with E-state index in [0.29, 0.717) is 24.8 Å². The molecule has 6 nitrogen and oxygen atoms in total. The van der Waals surface area contributed by atoms with Gasteiger partial charge in [-0.1, -0.05) is 35.5 Å². The highest BCUT2D eigenvalue weighted by atomic mass is 19.4. The molecule has 9 heteroatoms. The number of benzene rings is 2. The highest BCUT2D eigenvalue weighted by Gasteiger charge is 2.31. The molecule has 2 aromatic carbocycles. The zero-order chi connectivity index (χ0) is 22.0. The van der Waals surface area contributed by atoms with Crippen LogP contribution in [0.15, 0.2) is 53.1 Å². The molecule has 1 fully saturated rings. The predicted molar refractivity (Wildman–Crippen MR) is 108 cm³/mol. The normalized spacial score (nSPS) is 17.1. The van der Waals surface area contributed by atoms with Gasteiger partial charge < -0.3 is 9.84 Å². The molecule has 0 aliphatic carbocycles. The zero-order valence-corrected chi connectivity index (χ0v) is 16.8. The minimum absolute atomic E-state index is 0.00613. The van der Waals surface area contributed by atoms with Gasteiger partial charge >= 0.3 is 6.18 Å². The summed E-state index contributed by atoms with van der Waals surface area (Å²) in [6.07, 6.45) is -3.70. The van der Waals surface area contributed by atoms with Crippen molar-refractivity contribution in [3.05, 3.63) is 65.5 Å². The summed E-state index contributed by atoms with van der Waals surface area (Å²) < 4.78 is 43.9. The van der Waals surface area contributed by atoms with Crippen LogP contribution < -0.4 is 5.32 Å². The Balaban J connectivity index is 1.35. The number of likely N-dealkylation sites (tertiary alicyclic amines) is 1. The molecule has 1 atom stereocenters. The third-order valence-electron chi connectivity index (χ3n) is 5.29. The van der Waals surface area contributed by atoms with Crippen molar-refractivity contribution >= 4 is 11.6 Å². The van der Waals surface area contributed by atoms with Crippen LogP contribution in [0.25, 0.3) is 11.4 Å². The van der Waals surface area contributed by atoms with Crippen LogP contribution in [0.4, 0.5) is 18.9 Å². The lowest BCUT2D eigenvalue weighted by molar-refractivity contribution is -0.137. The molecule has 1 aliphatic heterocycles. The third kappa shape index (κ3) is 4.93. The maximum atomic E-state index is 12.8. The fourth-order valence-corrected chi connectivity index (χ4v) is 3.69. The van der Waals surface area contributed by atoms with Crippen molar-refractivity contribution in [2.75, 3.05) is 25.0 Å². The smallest absolute Gasteiger partial charge is 0.339 e. The number of hydrogen-bond acceptors (Lipinski definition) is 5. The van der Waals surface area contributed by atoms with E-state index in [-0.39, 0.29) is 24.1 Å². The van der Waals surface area contributed by atoms with Crippen molar-refractivity contribution < 1.29 is 22.5 Å². The SMILES string of the molecule is Cc1ccccc1-c1noc([C@@H]2CCN(CC(=O)Nc3cccc(C(F)(F)F)c3)C2)n1. The first-order valence-electron chi connectivity index (χ1n) is 9.88. The van der Waals surface area contributed by atoms with E-state index in [0.717, 1.165) is 29.7 Å². The second kappa shape index (κ2) is 8.50.